The topological polar surface area (TPSA) is 82.7 Å². The van der Waals surface area contributed by atoms with Gasteiger partial charge in [-0.1, -0.05) is 27.5 Å². The largest absolute Gasteiger partial charge is 0.337 e. The number of halogens is 2. The van der Waals surface area contributed by atoms with E-state index in [1.165, 1.54) is 6.33 Å². The lowest BCUT2D eigenvalue weighted by Gasteiger charge is -2.08. The Balaban J connectivity index is 1.80. The highest BCUT2D eigenvalue weighted by Crippen LogP contribution is 2.25. The highest BCUT2D eigenvalue weighted by atomic mass is 79.9. The van der Waals surface area contributed by atoms with Crippen molar-refractivity contribution in [2.45, 2.75) is 6.42 Å². The van der Waals surface area contributed by atoms with Gasteiger partial charge in [0.2, 0.25) is 0 Å². The third kappa shape index (κ3) is 4.22. The molecule has 0 radical (unpaired) electrons. The first-order chi connectivity index (χ1) is 9.15. The van der Waals surface area contributed by atoms with Crippen LogP contribution in [0.25, 0.3) is 0 Å². The van der Waals surface area contributed by atoms with Gasteiger partial charge < -0.3 is 10.6 Å². The van der Waals surface area contributed by atoms with Crippen LogP contribution in [0.1, 0.15) is 5.82 Å². The number of urea groups is 1. The van der Waals surface area contributed by atoms with Gasteiger partial charge in [-0.15, -0.1) is 0 Å². The molecule has 0 unspecified atom stereocenters. The second kappa shape index (κ2) is 6.53. The summed E-state index contributed by atoms with van der Waals surface area (Å²) in [6, 6.07) is 4.92. The molecule has 0 aliphatic carbocycles. The van der Waals surface area contributed by atoms with Crippen LogP contribution < -0.4 is 10.6 Å². The van der Waals surface area contributed by atoms with E-state index >= 15 is 0 Å². The number of benzene rings is 1. The Hall–Kier alpha value is -1.60. The first-order valence-corrected chi connectivity index (χ1v) is 6.66. The lowest BCUT2D eigenvalue weighted by molar-refractivity contribution is 0.252. The molecule has 2 aromatic rings. The summed E-state index contributed by atoms with van der Waals surface area (Å²) in [6.07, 6.45) is 2.01. The monoisotopic (exact) mass is 343 g/mol. The Labute approximate surface area is 123 Å². The molecule has 0 aliphatic heterocycles. The number of hydrogen-bond donors (Lipinski definition) is 3. The molecule has 1 aromatic carbocycles. The predicted molar refractivity (Wildman–Crippen MR) is 76.3 cm³/mol. The zero-order valence-corrected chi connectivity index (χ0v) is 12.1. The number of carbonyl (C=O) groups is 1. The third-order valence-corrected chi connectivity index (χ3v) is 3.10. The molecule has 6 nitrogen and oxygen atoms in total. The minimum Gasteiger partial charge on any atom is -0.337 e. The molecular formula is C11H11BrClN5O. The van der Waals surface area contributed by atoms with Crippen molar-refractivity contribution in [3.8, 4) is 0 Å². The van der Waals surface area contributed by atoms with Crippen molar-refractivity contribution < 1.29 is 4.79 Å². The summed E-state index contributed by atoms with van der Waals surface area (Å²) >= 11 is 9.29. The zero-order valence-electron chi connectivity index (χ0n) is 9.78. The molecule has 0 aliphatic rings. The van der Waals surface area contributed by atoms with Crippen LogP contribution in [0.2, 0.25) is 5.02 Å². The second-order valence-corrected chi connectivity index (χ2v) is 5.01. The van der Waals surface area contributed by atoms with Crippen molar-refractivity contribution >= 4 is 39.2 Å². The van der Waals surface area contributed by atoms with E-state index in [1.807, 2.05) is 0 Å². The van der Waals surface area contributed by atoms with Gasteiger partial charge >= 0.3 is 6.03 Å². The van der Waals surface area contributed by atoms with E-state index in [9.17, 15) is 4.79 Å². The van der Waals surface area contributed by atoms with Crippen LogP contribution in [0.5, 0.6) is 0 Å². The molecule has 2 rings (SSSR count). The van der Waals surface area contributed by atoms with Crippen LogP contribution in [0.3, 0.4) is 0 Å². The Morgan fingerprint density at radius 1 is 1.47 bits per heavy atom. The maximum atomic E-state index is 11.6. The first-order valence-electron chi connectivity index (χ1n) is 5.49. The van der Waals surface area contributed by atoms with Crippen molar-refractivity contribution in [2.24, 2.45) is 0 Å². The lowest BCUT2D eigenvalue weighted by Crippen LogP contribution is -2.30. The van der Waals surface area contributed by atoms with Gasteiger partial charge in [0.1, 0.15) is 12.2 Å². The Morgan fingerprint density at radius 3 is 3.00 bits per heavy atom. The number of aromatic nitrogens is 3. The van der Waals surface area contributed by atoms with Crippen molar-refractivity contribution in [2.75, 3.05) is 11.9 Å². The van der Waals surface area contributed by atoms with Gasteiger partial charge in [-0.05, 0) is 18.2 Å². The summed E-state index contributed by atoms with van der Waals surface area (Å²) in [7, 11) is 0. The van der Waals surface area contributed by atoms with Crippen LogP contribution >= 0.6 is 27.5 Å². The average Bonchev–Trinajstić information content (AvgIpc) is 2.86. The zero-order chi connectivity index (χ0) is 13.7. The van der Waals surface area contributed by atoms with Gasteiger partial charge in [0.15, 0.2) is 0 Å². The Morgan fingerprint density at radius 2 is 2.32 bits per heavy atom. The van der Waals surface area contributed by atoms with Crippen LogP contribution in [0, 0.1) is 0 Å². The summed E-state index contributed by atoms with van der Waals surface area (Å²) in [6.45, 7) is 0.454. The molecule has 0 atom stereocenters. The van der Waals surface area contributed by atoms with Crippen LogP contribution in [-0.2, 0) is 6.42 Å². The summed E-state index contributed by atoms with van der Waals surface area (Å²) in [5, 5.41) is 12.3. The molecule has 19 heavy (non-hydrogen) atoms. The van der Waals surface area contributed by atoms with E-state index < -0.39 is 0 Å². The highest BCUT2D eigenvalue weighted by Gasteiger charge is 2.05. The van der Waals surface area contributed by atoms with Crippen LogP contribution in [0.4, 0.5) is 10.5 Å². The number of aromatic amines is 1. The molecular weight excluding hydrogens is 334 g/mol. The fourth-order valence-electron chi connectivity index (χ4n) is 1.40. The van der Waals surface area contributed by atoms with Crippen LogP contribution in [-0.4, -0.2) is 27.8 Å². The number of rotatable bonds is 4. The first kappa shape index (κ1) is 13.8. The van der Waals surface area contributed by atoms with Crippen LogP contribution in [0.15, 0.2) is 29.0 Å². The number of anilines is 1. The molecule has 0 saturated carbocycles. The number of hydrogen-bond acceptors (Lipinski definition) is 3. The number of nitrogens with one attached hydrogen (secondary N) is 3. The maximum Gasteiger partial charge on any atom is 0.319 e. The maximum absolute atomic E-state index is 11.6. The summed E-state index contributed by atoms with van der Waals surface area (Å²) in [5.41, 5.74) is 0.557. The van der Waals surface area contributed by atoms with Crippen molar-refractivity contribution in [1.82, 2.24) is 20.5 Å². The lowest BCUT2D eigenvalue weighted by atomic mass is 10.3. The molecule has 0 spiro atoms. The highest BCUT2D eigenvalue weighted by molar-refractivity contribution is 9.10. The quantitative estimate of drug-likeness (QED) is 0.797. The van der Waals surface area contributed by atoms with Gasteiger partial charge in [0.25, 0.3) is 0 Å². The van der Waals surface area contributed by atoms with Gasteiger partial charge in [0, 0.05) is 17.4 Å². The number of amides is 2. The number of H-pyrrole nitrogens is 1. The van der Waals surface area contributed by atoms with E-state index in [-0.39, 0.29) is 6.03 Å². The molecule has 100 valence electrons. The average molecular weight is 345 g/mol. The van der Waals surface area contributed by atoms with Crippen molar-refractivity contribution in [1.29, 1.82) is 0 Å². The summed E-state index contributed by atoms with van der Waals surface area (Å²) in [4.78, 5) is 15.6. The summed E-state index contributed by atoms with van der Waals surface area (Å²) < 4.78 is 0.855. The standard InChI is InChI=1S/C11H11BrClN5O/c12-7-1-2-9(8(13)5-7)17-11(19)14-4-3-10-15-6-16-18-10/h1-2,5-6H,3-4H2,(H2,14,17,19)(H,15,16,18). The van der Waals surface area contributed by atoms with E-state index in [4.69, 9.17) is 11.6 Å². The predicted octanol–water partition coefficient (Wildman–Crippen LogP) is 2.58. The number of nitrogens with zero attached hydrogens (tertiary/aromatic N) is 2. The molecule has 0 saturated heterocycles. The third-order valence-electron chi connectivity index (χ3n) is 2.29. The van der Waals surface area contributed by atoms with E-state index in [0.29, 0.717) is 23.7 Å². The van der Waals surface area contributed by atoms with Gasteiger partial charge in [-0.25, -0.2) is 9.78 Å². The fourth-order valence-corrected chi connectivity index (χ4v) is 2.12. The molecule has 1 heterocycles. The molecule has 0 fully saturated rings. The SMILES string of the molecule is O=C(NCCc1ncn[nH]1)Nc1ccc(Br)cc1Cl. The van der Waals surface area contributed by atoms with Gasteiger partial charge in [0.05, 0.1) is 10.7 Å². The van der Waals surface area contributed by atoms with Crippen molar-refractivity contribution in [3.63, 3.8) is 0 Å². The molecule has 2 amide bonds. The minimum atomic E-state index is -0.316. The number of carbonyl (C=O) groups excluding carboxylic acids is 1. The van der Waals surface area contributed by atoms with E-state index in [0.717, 1.165) is 10.3 Å². The molecule has 3 N–H and O–H groups in total. The van der Waals surface area contributed by atoms with Gasteiger partial charge in [-0.2, -0.15) is 5.10 Å². The Bertz CT molecular complexity index is 560. The smallest absolute Gasteiger partial charge is 0.319 e. The molecule has 8 heteroatoms. The normalized spacial score (nSPS) is 10.2. The summed E-state index contributed by atoms with van der Waals surface area (Å²) in [5.74, 6) is 0.724. The fraction of sp³-hybridized carbons (Fsp3) is 0.182. The molecule has 1 aromatic heterocycles. The van der Waals surface area contributed by atoms with Gasteiger partial charge in [-0.3, -0.25) is 5.10 Å². The van der Waals surface area contributed by atoms with E-state index in [2.05, 4.69) is 41.7 Å². The molecule has 0 bridgehead atoms. The van der Waals surface area contributed by atoms with Crippen molar-refractivity contribution in [3.05, 3.63) is 39.8 Å². The van der Waals surface area contributed by atoms with E-state index in [1.54, 1.807) is 18.2 Å². The second-order valence-electron chi connectivity index (χ2n) is 3.69. The minimum absolute atomic E-state index is 0.316. The Kier molecular flexibility index (Phi) is 4.75.